The molecule has 21 heavy (non-hydrogen) atoms. The molecule has 0 heterocycles. The molecule has 2 saturated carbocycles. The van der Waals surface area contributed by atoms with Gasteiger partial charge in [0.25, 0.3) is 0 Å². The van der Waals surface area contributed by atoms with Gasteiger partial charge in [0.15, 0.2) is 0 Å². The number of hydrogen-bond acceptors (Lipinski definition) is 1. The Bertz CT molecular complexity index is 538. The van der Waals surface area contributed by atoms with Crippen LogP contribution in [0.1, 0.15) is 37.7 Å². The smallest absolute Gasteiger partial charge is 0.226 e. The van der Waals surface area contributed by atoms with E-state index in [4.69, 9.17) is 23.2 Å². The van der Waals surface area contributed by atoms with E-state index in [0.717, 1.165) is 31.2 Å². The largest absolute Gasteiger partial charge is 0.355 e. The van der Waals surface area contributed by atoms with Crippen LogP contribution in [0.4, 0.5) is 4.39 Å². The summed E-state index contributed by atoms with van der Waals surface area (Å²) in [5.41, 5.74) is 1.01. The summed E-state index contributed by atoms with van der Waals surface area (Å²) >= 11 is 11.9. The first-order chi connectivity index (χ1) is 9.93. The number of halogens is 3. The predicted octanol–water partition coefficient (Wildman–Crippen LogP) is 3.95. The molecule has 114 valence electrons. The molecule has 2 fully saturated rings. The molecule has 1 N–H and O–H groups in total. The minimum absolute atomic E-state index is 0.0756. The summed E-state index contributed by atoms with van der Waals surface area (Å²) < 4.78 is 12.2. The van der Waals surface area contributed by atoms with E-state index in [1.165, 1.54) is 12.1 Å². The summed E-state index contributed by atoms with van der Waals surface area (Å²) in [5, 5.41) is 2.99. The maximum absolute atomic E-state index is 13.1. The number of benzene rings is 1. The molecule has 0 bridgehead atoms. The maximum atomic E-state index is 13.1. The van der Waals surface area contributed by atoms with Crippen LogP contribution in [0.15, 0.2) is 24.3 Å². The number of hydrogen-bond donors (Lipinski definition) is 1. The summed E-state index contributed by atoms with van der Waals surface area (Å²) in [4.78, 5) is 12.1. The first-order valence-electron chi connectivity index (χ1n) is 7.35. The van der Waals surface area contributed by atoms with Gasteiger partial charge in [-0.05, 0) is 37.0 Å². The predicted molar refractivity (Wildman–Crippen MR) is 82.1 cm³/mol. The molecule has 0 saturated heterocycles. The molecular weight excluding hydrogens is 312 g/mol. The summed E-state index contributed by atoms with van der Waals surface area (Å²) in [6, 6.07) is 6.63. The van der Waals surface area contributed by atoms with E-state index in [0.29, 0.717) is 13.0 Å². The third kappa shape index (κ3) is 3.04. The van der Waals surface area contributed by atoms with Crippen LogP contribution in [0.25, 0.3) is 0 Å². The lowest BCUT2D eigenvalue weighted by Crippen LogP contribution is -2.40. The van der Waals surface area contributed by atoms with Gasteiger partial charge in [0.1, 0.15) is 10.2 Å². The fourth-order valence-electron chi connectivity index (χ4n) is 3.30. The molecule has 1 unspecified atom stereocenters. The van der Waals surface area contributed by atoms with Crippen LogP contribution in [0.3, 0.4) is 0 Å². The minimum atomic E-state index is -0.886. The molecule has 3 rings (SSSR count). The van der Waals surface area contributed by atoms with E-state index < -0.39 is 4.33 Å². The number of amides is 1. The Morgan fingerprint density at radius 2 is 1.81 bits per heavy atom. The maximum Gasteiger partial charge on any atom is 0.226 e. The van der Waals surface area contributed by atoms with E-state index in [-0.39, 0.29) is 23.1 Å². The first kappa shape index (κ1) is 15.1. The molecule has 1 atom stereocenters. The molecule has 1 amide bonds. The average molecular weight is 330 g/mol. The van der Waals surface area contributed by atoms with E-state index in [1.807, 2.05) is 12.1 Å². The highest BCUT2D eigenvalue weighted by molar-refractivity contribution is 6.52. The molecule has 0 aliphatic heterocycles. The molecule has 1 aromatic carbocycles. The van der Waals surface area contributed by atoms with Crippen LogP contribution >= 0.6 is 23.2 Å². The van der Waals surface area contributed by atoms with Gasteiger partial charge in [-0.3, -0.25) is 4.79 Å². The van der Waals surface area contributed by atoms with Gasteiger partial charge in [0.05, 0.1) is 5.92 Å². The monoisotopic (exact) mass is 329 g/mol. The minimum Gasteiger partial charge on any atom is -0.355 e. The Morgan fingerprint density at radius 3 is 2.33 bits per heavy atom. The van der Waals surface area contributed by atoms with E-state index in [2.05, 4.69) is 5.32 Å². The highest BCUT2D eigenvalue weighted by Gasteiger charge is 2.56. The third-order valence-corrected chi connectivity index (χ3v) is 5.60. The van der Waals surface area contributed by atoms with Crippen LogP contribution in [0.5, 0.6) is 0 Å². The average Bonchev–Trinajstić information content (AvgIpc) is 2.88. The Kier molecular flexibility index (Phi) is 3.91. The van der Waals surface area contributed by atoms with E-state index in [1.54, 1.807) is 0 Å². The number of rotatable bonds is 4. The number of carbonyl (C=O) groups excluding carboxylic acids is 1. The normalized spacial score (nSPS) is 25.6. The molecule has 2 aliphatic rings. The van der Waals surface area contributed by atoms with Crippen molar-refractivity contribution in [1.82, 2.24) is 5.32 Å². The summed E-state index contributed by atoms with van der Waals surface area (Å²) in [6.45, 7) is 0.567. The van der Waals surface area contributed by atoms with Gasteiger partial charge in [0, 0.05) is 12.0 Å². The van der Waals surface area contributed by atoms with Crippen LogP contribution in [0, 0.1) is 11.7 Å². The van der Waals surface area contributed by atoms with Crippen LogP contribution in [-0.2, 0) is 10.2 Å². The van der Waals surface area contributed by atoms with Crippen molar-refractivity contribution in [3.8, 4) is 0 Å². The molecule has 0 aromatic heterocycles. The molecular formula is C16H18Cl2FNO. The van der Waals surface area contributed by atoms with Crippen LogP contribution in [0.2, 0.25) is 0 Å². The molecule has 0 spiro atoms. The second kappa shape index (κ2) is 5.44. The van der Waals surface area contributed by atoms with Crippen molar-refractivity contribution < 1.29 is 9.18 Å². The van der Waals surface area contributed by atoms with Crippen molar-refractivity contribution in [3.63, 3.8) is 0 Å². The Labute approximate surface area is 134 Å². The van der Waals surface area contributed by atoms with E-state index in [9.17, 15) is 9.18 Å². The zero-order chi connectivity index (χ0) is 15.1. The topological polar surface area (TPSA) is 29.1 Å². The fourth-order valence-corrected chi connectivity index (χ4v) is 3.81. The second-order valence-corrected chi connectivity index (χ2v) is 7.77. The molecule has 2 nitrogen and oxygen atoms in total. The van der Waals surface area contributed by atoms with E-state index >= 15 is 0 Å². The van der Waals surface area contributed by atoms with Gasteiger partial charge >= 0.3 is 0 Å². The lowest BCUT2D eigenvalue weighted by Gasteiger charge is -2.30. The first-order valence-corrected chi connectivity index (χ1v) is 8.10. The van der Waals surface area contributed by atoms with Crippen LogP contribution < -0.4 is 5.32 Å². The van der Waals surface area contributed by atoms with Gasteiger partial charge < -0.3 is 5.32 Å². The lowest BCUT2D eigenvalue weighted by atomic mass is 9.79. The van der Waals surface area contributed by atoms with Crippen molar-refractivity contribution in [2.24, 2.45) is 5.92 Å². The number of alkyl halides is 2. The molecule has 2 aliphatic carbocycles. The number of nitrogens with one attached hydrogen (secondary N) is 1. The SMILES string of the molecule is O=C(NCC1(c2ccc(F)cc2)CCCC1)C1CC1(Cl)Cl. The van der Waals surface area contributed by atoms with Gasteiger partial charge in [-0.25, -0.2) is 4.39 Å². The summed E-state index contributed by atoms with van der Waals surface area (Å²) in [7, 11) is 0. The van der Waals surface area contributed by atoms with Gasteiger partial charge in [-0.15, -0.1) is 23.2 Å². The molecule has 1 aromatic rings. The molecule has 0 radical (unpaired) electrons. The summed E-state index contributed by atoms with van der Waals surface area (Å²) in [5.74, 6) is -0.608. The quantitative estimate of drug-likeness (QED) is 0.832. The van der Waals surface area contributed by atoms with Crippen molar-refractivity contribution in [2.75, 3.05) is 6.54 Å². The Morgan fingerprint density at radius 1 is 1.24 bits per heavy atom. The van der Waals surface area contributed by atoms with Crippen molar-refractivity contribution in [3.05, 3.63) is 35.6 Å². The number of carbonyl (C=O) groups is 1. The standard InChI is InChI=1S/C16H18Cl2FNO/c17-16(18)9-13(16)14(21)20-10-15(7-1-2-8-15)11-3-5-12(19)6-4-11/h3-6,13H,1-2,7-10H2,(H,20,21). The lowest BCUT2D eigenvalue weighted by molar-refractivity contribution is -0.122. The van der Waals surface area contributed by atoms with Crippen LogP contribution in [-0.4, -0.2) is 16.8 Å². The highest BCUT2D eigenvalue weighted by atomic mass is 35.5. The second-order valence-electron chi connectivity index (χ2n) is 6.23. The summed E-state index contributed by atoms with van der Waals surface area (Å²) in [6.07, 6.45) is 4.80. The molecule has 5 heteroatoms. The zero-order valence-corrected chi connectivity index (χ0v) is 13.2. The fraction of sp³-hybridized carbons (Fsp3) is 0.562. The third-order valence-electron chi connectivity index (χ3n) is 4.76. The van der Waals surface area contributed by atoms with Crippen molar-refractivity contribution >= 4 is 29.1 Å². The van der Waals surface area contributed by atoms with Gasteiger partial charge in [-0.1, -0.05) is 25.0 Å². The van der Waals surface area contributed by atoms with Crippen molar-refractivity contribution in [2.45, 2.75) is 41.9 Å². The highest BCUT2D eigenvalue weighted by Crippen LogP contribution is 2.53. The zero-order valence-electron chi connectivity index (χ0n) is 11.7. The Balaban J connectivity index is 1.70. The van der Waals surface area contributed by atoms with Gasteiger partial charge in [0.2, 0.25) is 5.91 Å². The van der Waals surface area contributed by atoms with Gasteiger partial charge in [-0.2, -0.15) is 0 Å². The van der Waals surface area contributed by atoms with Crippen molar-refractivity contribution in [1.29, 1.82) is 0 Å². The Hall–Kier alpha value is -0.800.